The molecule has 2 heterocycles. The topological polar surface area (TPSA) is 168 Å². The van der Waals surface area contributed by atoms with E-state index in [1.165, 1.54) is 0 Å². The summed E-state index contributed by atoms with van der Waals surface area (Å²) < 4.78 is 0. The number of anilines is 2. The number of hydrogen-bond donors (Lipinski definition) is 6. The molecule has 6 rings (SSSR count). The van der Waals surface area contributed by atoms with Gasteiger partial charge in [0.1, 0.15) is 11.4 Å². The van der Waals surface area contributed by atoms with Gasteiger partial charge in [-0.25, -0.2) is 4.98 Å². The number of fused-ring (bicyclic) bond motifs is 1. The number of para-hydroxylation sites is 1. The molecule has 44 heavy (non-hydrogen) atoms. The van der Waals surface area contributed by atoms with Crippen LogP contribution in [0.1, 0.15) is 49.6 Å². The summed E-state index contributed by atoms with van der Waals surface area (Å²) in [4.78, 5) is 35.4. The number of aromatic amines is 2. The molecule has 0 saturated heterocycles. The minimum atomic E-state index is -1.08. The van der Waals surface area contributed by atoms with Gasteiger partial charge >= 0.3 is 0 Å². The summed E-state index contributed by atoms with van der Waals surface area (Å²) in [6, 6.07) is 23.0. The Bertz CT molecular complexity index is 1770. The molecule has 1 atom stereocenters. The van der Waals surface area contributed by atoms with Crippen LogP contribution in [0.3, 0.4) is 0 Å². The predicted octanol–water partition coefficient (Wildman–Crippen LogP) is 4.86. The average Bonchev–Trinajstić information content (AvgIpc) is 3.69. The lowest BCUT2D eigenvalue weighted by molar-refractivity contribution is -0.127. The van der Waals surface area contributed by atoms with Crippen LogP contribution in [-0.4, -0.2) is 38.5 Å². The number of aromatic nitrogens is 4. The molecule has 5 aromatic rings. The van der Waals surface area contributed by atoms with Gasteiger partial charge in [0.25, 0.3) is 0 Å². The Labute approximate surface area is 256 Å². The number of imidazole rings is 1. The van der Waals surface area contributed by atoms with Crippen LogP contribution in [0.4, 0.5) is 11.5 Å². The Morgan fingerprint density at radius 3 is 2.52 bits per heavy atom. The Balaban J connectivity index is 1.34. The fourth-order valence-corrected chi connectivity index (χ4v) is 6.19. The molecule has 2 amide bonds. The zero-order valence-corrected chi connectivity index (χ0v) is 24.8. The third kappa shape index (κ3) is 5.93. The average molecular weight is 591 g/mol. The zero-order chi connectivity index (χ0) is 30.7. The molecule has 8 N–H and O–H groups in total. The Morgan fingerprint density at radius 2 is 1.75 bits per heavy atom. The second-order valence-corrected chi connectivity index (χ2v) is 11.8. The molecule has 1 aliphatic rings. The van der Waals surface area contributed by atoms with Crippen molar-refractivity contribution in [3.63, 3.8) is 0 Å². The Hall–Kier alpha value is -4.96. The number of nitrogen functional groups attached to an aromatic ring is 1. The number of benzene rings is 3. The monoisotopic (exact) mass is 590 g/mol. The van der Waals surface area contributed by atoms with Gasteiger partial charge in [0.05, 0.1) is 17.6 Å². The highest BCUT2D eigenvalue weighted by molar-refractivity contribution is 5.94. The molecule has 226 valence electrons. The first-order valence-electron chi connectivity index (χ1n) is 15.1. The van der Waals surface area contributed by atoms with Gasteiger partial charge in [-0.15, -0.1) is 0 Å². The highest BCUT2D eigenvalue weighted by atomic mass is 16.2. The van der Waals surface area contributed by atoms with E-state index in [4.69, 9.17) is 16.5 Å². The van der Waals surface area contributed by atoms with E-state index in [-0.39, 0.29) is 24.2 Å². The summed E-state index contributed by atoms with van der Waals surface area (Å²) in [6.45, 7) is 2.58. The number of hydrogen-bond acceptors (Lipinski definition) is 6. The van der Waals surface area contributed by atoms with E-state index < -0.39 is 5.54 Å². The van der Waals surface area contributed by atoms with E-state index >= 15 is 0 Å². The molecule has 1 saturated carbocycles. The quantitative estimate of drug-likeness (QED) is 0.143. The van der Waals surface area contributed by atoms with Crippen molar-refractivity contribution in [3.05, 3.63) is 95.9 Å². The number of nitrogens with one attached hydrogen (secondary N) is 4. The molecule has 10 nitrogen and oxygen atoms in total. The maximum atomic E-state index is 13.9. The molecule has 0 unspecified atom stereocenters. The van der Waals surface area contributed by atoms with Crippen molar-refractivity contribution < 1.29 is 9.59 Å². The molecular weight excluding hydrogens is 552 g/mol. The van der Waals surface area contributed by atoms with Crippen molar-refractivity contribution in [2.75, 3.05) is 17.6 Å². The third-order valence-corrected chi connectivity index (χ3v) is 8.81. The van der Waals surface area contributed by atoms with Crippen molar-refractivity contribution in [2.24, 2.45) is 17.6 Å². The number of rotatable bonds is 9. The summed E-state index contributed by atoms with van der Waals surface area (Å²) in [7, 11) is 0. The lowest BCUT2D eigenvalue weighted by Crippen LogP contribution is -2.48. The Morgan fingerprint density at radius 1 is 1.00 bits per heavy atom. The normalized spacial score (nSPS) is 18.0. The fraction of sp³-hybridized carbons (Fsp3) is 0.294. The maximum Gasteiger partial charge on any atom is 0.228 e. The number of H-pyrrole nitrogens is 2. The molecule has 10 heteroatoms. The first-order valence-corrected chi connectivity index (χ1v) is 15.1. The van der Waals surface area contributed by atoms with Crippen LogP contribution < -0.4 is 22.1 Å². The van der Waals surface area contributed by atoms with Crippen LogP contribution in [0, 0.1) is 11.8 Å². The molecule has 1 aliphatic carbocycles. The van der Waals surface area contributed by atoms with Gasteiger partial charge in [0, 0.05) is 34.3 Å². The highest BCUT2D eigenvalue weighted by Gasteiger charge is 2.38. The second kappa shape index (κ2) is 12.3. The summed E-state index contributed by atoms with van der Waals surface area (Å²) in [5.41, 5.74) is 15.4. The number of nitrogens with two attached hydrogens (primary N) is 2. The van der Waals surface area contributed by atoms with E-state index in [1.807, 2.05) is 85.9 Å². The zero-order valence-electron chi connectivity index (χ0n) is 24.8. The summed E-state index contributed by atoms with van der Waals surface area (Å²) >= 11 is 0. The Kier molecular flexibility index (Phi) is 8.17. The largest absolute Gasteiger partial charge is 0.382 e. The molecule has 0 aliphatic heterocycles. The van der Waals surface area contributed by atoms with Crippen LogP contribution in [0.15, 0.2) is 79.0 Å². The van der Waals surface area contributed by atoms with Crippen LogP contribution in [0.2, 0.25) is 0 Å². The first kappa shape index (κ1) is 29.1. The van der Waals surface area contributed by atoms with Gasteiger partial charge in [-0.3, -0.25) is 14.7 Å². The van der Waals surface area contributed by atoms with E-state index in [0.29, 0.717) is 35.5 Å². The predicted molar refractivity (Wildman–Crippen MR) is 172 cm³/mol. The summed E-state index contributed by atoms with van der Waals surface area (Å²) in [6.07, 6.45) is 5.50. The lowest BCUT2D eigenvalue weighted by atomic mass is 9.80. The number of amides is 2. The molecule has 0 radical (unpaired) electrons. The molecule has 0 bridgehead atoms. The van der Waals surface area contributed by atoms with Gasteiger partial charge in [0.2, 0.25) is 11.8 Å². The third-order valence-electron chi connectivity index (χ3n) is 8.81. The van der Waals surface area contributed by atoms with E-state index in [2.05, 4.69) is 25.8 Å². The first-order chi connectivity index (χ1) is 21.3. The van der Waals surface area contributed by atoms with Crippen LogP contribution in [0.25, 0.3) is 22.2 Å². The van der Waals surface area contributed by atoms with E-state index in [1.54, 1.807) is 0 Å². The van der Waals surface area contributed by atoms with Crippen molar-refractivity contribution in [1.29, 1.82) is 0 Å². The minimum absolute atomic E-state index is 0.0410. The second-order valence-electron chi connectivity index (χ2n) is 11.8. The maximum absolute atomic E-state index is 13.9. The minimum Gasteiger partial charge on any atom is -0.382 e. The van der Waals surface area contributed by atoms with Crippen molar-refractivity contribution in [1.82, 2.24) is 25.5 Å². The number of carbonyl (C=O) groups is 2. The van der Waals surface area contributed by atoms with Gasteiger partial charge in [-0.05, 0) is 68.8 Å². The smallest absolute Gasteiger partial charge is 0.228 e. The molecular formula is C34H38N8O2. The molecule has 3 aromatic carbocycles. The van der Waals surface area contributed by atoms with Crippen molar-refractivity contribution >= 4 is 34.2 Å². The molecule has 1 fully saturated rings. The summed E-state index contributed by atoms with van der Waals surface area (Å²) in [5, 5.41) is 14.3. The van der Waals surface area contributed by atoms with Gasteiger partial charge in [-0.1, -0.05) is 54.6 Å². The fourth-order valence-electron chi connectivity index (χ4n) is 6.19. The van der Waals surface area contributed by atoms with Gasteiger partial charge < -0.3 is 27.1 Å². The van der Waals surface area contributed by atoms with Crippen LogP contribution in [-0.2, 0) is 21.5 Å². The van der Waals surface area contributed by atoms with Gasteiger partial charge in [0.15, 0.2) is 5.82 Å². The van der Waals surface area contributed by atoms with Gasteiger partial charge in [-0.2, -0.15) is 5.10 Å². The van der Waals surface area contributed by atoms with Crippen LogP contribution in [0.5, 0.6) is 0 Å². The van der Waals surface area contributed by atoms with Crippen LogP contribution >= 0.6 is 0 Å². The summed E-state index contributed by atoms with van der Waals surface area (Å²) in [5.74, 6) is 1.13. The lowest BCUT2D eigenvalue weighted by Gasteiger charge is -2.34. The van der Waals surface area contributed by atoms with E-state index in [9.17, 15) is 9.59 Å². The molecule has 0 spiro atoms. The number of nitrogens with zero attached hydrogens (tertiary/aromatic N) is 2. The SMILES string of the molecule is C[C@@](NC(=O)[C@H]1CC[C@H](CN)CC1)(c1nc(-c2ccc3c(N)n[nH]c3c2)c[nH]1)c1ccccc1NC(=O)Cc1ccccc1. The van der Waals surface area contributed by atoms with Crippen molar-refractivity contribution in [3.8, 4) is 11.3 Å². The van der Waals surface area contributed by atoms with Crippen molar-refractivity contribution in [2.45, 2.75) is 44.6 Å². The standard InChI is InChI=1S/C34H38N8O2/c1-34(40-32(44)23-13-11-22(19-35)12-14-23,26-9-5-6-10-27(26)38-30(43)17-21-7-3-2-4-8-21)33-37-20-29(39-33)24-15-16-25-28(18-24)41-42-31(25)36/h2-10,15-16,18,20,22-23H,11-14,17,19,35H2,1H3,(H,37,39)(H,38,43)(H,40,44)(H3,36,41,42)/t22-,23-,34-/m0/s1. The highest BCUT2D eigenvalue weighted by Crippen LogP contribution is 2.36. The van der Waals surface area contributed by atoms with E-state index in [0.717, 1.165) is 53.3 Å². The molecule has 2 aromatic heterocycles. The number of carbonyl (C=O) groups excluding carboxylic acids is 2.